The Bertz CT molecular complexity index is 499. The summed E-state index contributed by atoms with van der Waals surface area (Å²) < 4.78 is 0. The largest absolute Gasteiger partial charge is 0.325 e. The molecular weight excluding hydrogens is 310 g/mol. The first-order chi connectivity index (χ1) is 10.6. The van der Waals surface area contributed by atoms with Gasteiger partial charge in [-0.25, -0.2) is 0 Å². The van der Waals surface area contributed by atoms with Crippen LogP contribution in [0.15, 0.2) is 18.2 Å². The summed E-state index contributed by atoms with van der Waals surface area (Å²) in [7, 11) is 0. The molecule has 0 radical (unpaired) electrons. The highest BCUT2D eigenvalue weighted by Gasteiger charge is 2.20. The van der Waals surface area contributed by atoms with Gasteiger partial charge in [0.1, 0.15) is 0 Å². The lowest BCUT2D eigenvalue weighted by Gasteiger charge is -2.31. The Morgan fingerprint density at radius 1 is 1.26 bits per heavy atom. The zero-order chi connectivity index (χ0) is 15.9. The monoisotopic (exact) mass is 339 g/mol. The quantitative estimate of drug-likeness (QED) is 0.837. The van der Waals surface area contributed by atoms with E-state index in [4.69, 9.17) is 0 Å². The molecule has 4 nitrogen and oxygen atoms in total. The normalized spacial score (nSPS) is 16.0. The van der Waals surface area contributed by atoms with E-state index in [-0.39, 0.29) is 18.3 Å². The molecule has 0 bridgehead atoms. The summed E-state index contributed by atoms with van der Waals surface area (Å²) in [6.07, 6.45) is 2.37. The first kappa shape index (κ1) is 19.9. The van der Waals surface area contributed by atoms with E-state index in [9.17, 15) is 4.79 Å². The van der Waals surface area contributed by atoms with Gasteiger partial charge in [-0.05, 0) is 76.0 Å². The fraction of sp³-hybridized carbons (Fsp3) is 0.611. The molecule has 23 heavy (non-hydrogen) atoms. The van der Waals surface area contributed by atoms with Gasteiger partial charge < -0.3 is 10.6 Å². The van der Waals surface area contributed by atoms with Crippen molar-refractivity contribution in [2.75, 3.05) is 38.0 Å². The van der Waals surface area contributed by atoms with Crippen molar-refractivity contribution in [1.82, 2.24) is 10.2 Å². The van der Waals surface area contributed by atoms with Crippen molar-refractivity contribution >= 4 is 24.0 Å². The van der Waals surface area contributed by atoms with Crippen molar-refractivity contribution in [2.24, 2.45) is 5.92 Å². The molecule has 0 saturated carbocycles. The first-order valence-electron chi connectivity index (χ1n) is 8.39. The van der Waals surface area contributed by atoms with Crippen molar-refractivity contribution in [3.05, 3.63) is 29.3 Å². The van der Waals surface area contributed by atoms with E-state index in [0.717, 1.165) is 43.3 Å². The van der Waals surface area contributed by atoms with Crippen molar-refractivity contribution in [3.8, 4) is 0 Å². The molecule has 0 atom stereocenters. The Hall–Kier alpha value is -1.10. The van der Waals surface area contributed by atoms with Crippen LogP contribution in [0.1, 0.15) is 30.9 Å². The number of hydrogen-bond donors (Lipinski definition) is 2. The maximum Gasteiger partial charge on any atom is 0.238 e. The van der Waals surface area contributed by atoms with Crippen LogP contribution in [0, 0.1) is 19.8 Å². The first-order valence-corrected chi connectivity index (χ1v) is 8.39. The molecule has 5 heteroatoms. The molecule has 1 amide bonds. The molecule has 0 aliphatic carbocycles. The van der Waals surface area contributed by atoms with Crippen LogP contribution in [0.2, 0.25) is 0 Å². The van der Waals surface area contributed by atoms with E-state index < -0.39 is 0 Å². The number of nitrogens with one attached hydrogen (secondary N) is 2. The zero-order valence-electron chi connectivity index (χ0n) is 14.5. The third kappa shape index (κ3) is 6.13. The number of anilines is 1. The zero-order valence-corrected chi connectivity index (χ0v) is 15.3. The van der Waals surface area contributed by atoms with Gasteiger partial charge >= 0.3 is 0 Å². The Morgan fingerprint density at radius 3 is 2.61 bits per heavy atom. The van der Waals surface area contributed by atoms with Crippen molar-refractivity contribution in [3.63, 3.8) is 0 Å². The molecule has 1 saturated heterocycles. The van der Waals surface area contributed by atoms with Crippen LogP contribution in [-0.4, -0.2) is 43.5 Å². The van der Waals surface area contributed by atoms with Crippen LogP contribution >= 0.6 is 12.4 Å². The Labute approximate surface area is 146 Å². The van der Waals surface area contributed by atoms with Gasteiger partial charge in [0.05, 0.1) is 6.54 Å². The van der Waals surface area contributed by atoms with Crippen molar-refractivity contribution in [1.29, 1.82) is 0 Å². The lowest BCUT2D eigenvalue weighted by Crippen LogP contribution is -2.41. The minimum Gasteiger partial charge on any atom is -0.325 e. The molecule has 2 N–H and O–H groups in total. The summed E-state index contributed by atoms with van der Waals surface area (Å²) >= 11 is 0. The highest BCUT2D eigenvalue weighted by Crippen LogP contribution is 2.19. The number of amides is 1. The van der Waals surface area contributed by atoms with E-state index in [2.05, 4.69) is 42.4 Å². The molecule has 1 aromatic carbocycles. The second kappa shape index (κ2) is 9.91. The smallest absolute Gasteiger partial charge is 0.238 e. The number of rotatable bonds is 6. The molecule has 130 valence electrons. The summed E-state index contributed by atoms with van der Waals surface area (Å²) in [4.78, 5) is 14.5. The molecule has 1 heterocycles. The summed E-state index contributed by atoms with van der Waals surface area (Å²) in [6, 6.07) is 6.03. The van der Waals surface area contributed by atoms with Gasteiger partial charge in [-0.3, -0.25) is 9.69 Å². The minimum atomic E-state index is 0. The number of benzene rings is 1. The average molecular weight is 340 g/mol. The third-order valence-electron chi connectivity index (χ3n) is 4.64. The predicted molar refractivity (Wildman–Crippen MR) is 99.5 cm³/mol. The second-order valence-electron chi connectivity index (χ2n) is 6.32. The molecule has 1 aliphatic heterocycles. The molecular formula is C18H30ClN3O. The summed E-state index contributed by atoms with van der Waals surface area (Å²) in [6.45, 7) is 11.0. The van der Waals surface area contributed by atoms with Crippen LogP contribution in [-0.2, 0) is 4.79 Å². The summed E-state index contributed by atoms with van der Waals surface area (Å²) in [5, 5.41) is 6.47. The van der Waals surface area contributed by atoms with E-state index in [1.165, 1.54) is 18.4 Å². The van der Waals surface area contributed by atoms with Crippen molar-refractivity contribution < 1.29 is 4.79 Å². The predicted octanol–water partition coefficient (Wildman–Crippen LogP) is 2.99. The lowest BCUT2D eigenvalue weighted by molar-refractivity contribution is -0.117. The molecule has 1 fully saturated rings. The van der Waals surface area contributed by atoms with Gasteiger partial charge in [0.15, 0.2) is 0 Å². The standard InChI is InChI=1S/C18H29N3O.ClH/c1-4-19-12-16-8-10-21(11-9-16)13-18(22)20-17-7-5-6-14(2)15(17)3;/h5-7,16,19H,4,8-13H2,1-3H3,(H,20,22);1H. The molecule has 0 aromatic heterocycles. The maximum absolute atomic E-state index is 12.2. The summed E-state index contributed by atoms with van der Waals surface area (Å²) in [5.74, 6) is 0.858. The highest BCUT2D eigenvalue weighted by molar-refractivity contribution is 5.93. The number of piperidine rings is 1. The lowest BCUT2D eigenvalue weighted by atomic mass is 9.97. The van der Waals surface area contributed by atoms with Gasteiger partial charge in [0.2, 0.25) is 5.91 Å². The number of nitrogens with zero attached hydrogens (tertiary/aromatic N) is 1. The SMILES string of the molecule is CCNCC1CCN(CC(=O)Nc2cccc(C)c2C)CC1.Cl. The van der Waals surface area contributed by atoms with Gasteiger partial charge in [-0.15, -0.1) is 12.4 Å². The third-order valence-corrected chi connectivity index (χ3v) is 4.64. The van der Waals surface area contributed by atoms with Gasteiger partial charge in [0.25, 0.3) is 0 Å². The fourth-order valence-electron chi connectivity index (χ4n) is 2.98. The number of hydrogen-bond acceptors (Lipinski definition) is 3. The fourth-order valence-corrected chi connectivity index (χ4v) is 2.98. The molecule has 0 unspecified atom stereocenters. The van der Waals surface area contributed by atoms with Crippen molar-refractivity contribution in [2.45, 2.75) is 33.6 Å². The Morgan fingerprint density at radius 2 is 1.96 bits per heavy atom. The number of likely N-dealkylation sites (tertiary alicyclic amines) is 1. The van der Waals surface area contributed by atoms with Crippen LogP contribution in [0.25, 0.3) is 0 Å². The number of carbonyl (C=O) groups excluding carboxylic acids is 1. The van der Waals surface area contributed by atoms with Gasteiger partial charge in [-0.1, -0.05) is 19.1 Å². The van der Waals surface area contributed by atoms with Gasteiger partial charge in [0, 0.05) is 5.69 Å². The van der Waals surface area contributed by atoms with Crippen LogP contribution in [0.4, 0.5) is 5.69 Å². The van der Waals surface area contributed by atoms with E-state index in [1.807, 2.05) is 12.1 Å². The average Bonchev–Trinajstić information content (AvgIpc) is 2.51. The second-order valence-corrected chi connectivity index (χ2v) is 6.32. The van der Waals surface area contributed by atoms with Crippen LogP contribution in [0.3, 0.4) is 0 Å². The number of halogens is 1. The molecule has 1 aliphatic rings. The van der Waals surface area contributed by atoms with E-state index >= 15 is 0 Å². The van der Waals surface area contributed by atoms with Gasteiger partial charge in [-0.2, -0.15) is 0 Å². The van der Waals surface area contributed by atoms with E-state index in [0.29, 0.717) is 6.54 Å². The minimum absolute atomic E-state index is 0. The van der Waals surface area contributed by atoms with E-state index in [1.54, 1.807) is 0 Å². The van der Waals surface area contributed by atoms with Crippen LogP contribution < -0.4 is 10.6 Å². The Balaban J connectivity index is 0.00000264. The maximum atomic E-state index is 12.2. The molecule has 0 spiro atoms. The number of carbonyl (C=O) groups is 1. The summed E-state index contributed by atoms with van der Waals surface area (Å²) in [5.41, 5.74) is 3.30. The topological polar surface area (TPSA) is 44.4 Å². The highest BCUT2D eigenvalue weighted by atomic mass is 35.5. The number of aryl methyl sites for hydroxylation is 1. The molecule has 1 aromatic rings. The Kier molecular flexibility index (Phi) is 8.59. The van der Waals surface area contributed by atoms with Crippen LogP contribution in [0.5, 0.6) is 0 Å². The molecule has 2 rings (SSSR count).